The molecule has 3 aromatic carbocycles. The van der Waals surface area contributed by atoms with E-state index < -0.39 is 0 Å². The summed E-state index contributed by atoms with van der Waals surface area (Å²) in [4.78, 5) is 5.71. The molecule has 1 unspecified atom stereocenters. The van der Waals surface area contributed by atoms with Crippen LogP contribution in [0.4, 0.5) is 0 Å². The quantitative estimate of drug-likeness (QED) is 0.526. The van der Waals surface area contributed by atoms with Crippen molar-refractivity contribution in [3.63, 3.8) is 0 Å². The Morgan fingerprint density at radius 3 is 2.67 bits per heavy atom. The molecule has 1 N–H and O–H groups in total. The molecule has 0 spiro atoms. The van der Waals surface area contributed by atoms with E-state index in [0.29, 0.717) is 6.04 Å². The number of benzene rings is 3. The molecule has 0 bridgehead atoms. The van der Waals surface area contributed by atoms with Gasteiger partial charge in [-0.05, 0) is 53.4 Å². The fourth-order valence-electron chi connectivity index (χ4n) is 3.47. The molecule has 2 nitrogen and oxygen atoms in total. The Kier molecular flexibility index (Phi) is 3.83. The van der Waals surface area contributed by atoms with Crippen molar-refractivity contribution in [3.05, 3.63) is 84.1 Å². The van der Waals surface area contributed by atoms with E-state index in [1.165, 1.54) is 32.8 Å². The van der Waals surface area contributed by atoms with Gasteiger partial charge in [-0.3, -0.25) is 4.90 Å². The van der Waals surface area contributed by atoms with Gasteiger partial charge in [0.2, 0.25) is 0 Å². The lowest BCUT2D eigenvalue weighted by molar-refractivity contribution is 0.254. The van der Waals surface area contributed by atoms with E-state index in [1.807, 2.05) is 6.20 Å². The lowest BCUT2D eigenvalue weighted by atomic mass is 9.98. The first kappa shape index (κ1) is 15.0. The summed E-state index contributed by atoms with van der Waals surface area (Å²) in [6.07, 6.45) is 2.00. The minimum atomic E-state index is 0.357. The van der Waals surface area contributed by atoms with Crippen LogP contribution >= 0.6 is 0 Å². The second-order valence-electron chi connectivity index (χ2n) is 6.56. The highest BCUT2D eigenvalue weighted by molar-refractivity contribution is 5.86. The van der Waals surface area contributed by atoms with Gasteiger partial charge in [0.1, 0.15) is 0 Å². The first-order chi connectivity index (χ1) is 11.7. The summed E-state index contributed by atoms with van der Waals surface area (Å²) in [5, 5.41) is 3.92. The molecule has 0 fully saturated rings. The van der Waals surface area contributed by atoms with Crippen LogP contribution in [0.2, 0.25) is 0 Å². The third kappa shape index (κ3) is 2.70. The molecule has 0 amide bonds. The number of hydrogen-bond acceptors (Lipinski definition) is 1. The number of nitrogens with one attached hydrogen (secondary N) is 1. The highest BCUT2D eigenvalue weighted by Crippen LogP contribution is 2.28. The van der Waals surface area contributed by atoms with E-state index >= 15 is 0 Å². The summed E-state index contributed by atoms with van der Waals surface area (Å²) >= 11 is 0. The maximum Gasteiger partial charge on any atom is 0.0457 e. The Labute approximate surface area is 142 Å². The zero-order valence-electron chi connectivity index (χ0n) is 14.2. The van der Waals surface area contributed by atoms with Crippen LogP contribution in [0.15, 0.2) is 72.9 Å². The Morgan fingerprint density at radius 1 is 0.917 bits per heavy atom. The molecule has 0 radical (unpaired) electrons. The third-order valence-electron chi connectivity index (χ3n) is 4.99. The van der Waals surface area contributed by atoms with E-state index in [1.54, 1.807) is 0 Å². The lowest BCUT2D eigenvalue weighted by Crippen LogP contribution is -2.22. The first-order valence-electron chi connectivity index (χ1n) is 8.46. The van der Waals surface area contributed by atoms with E-state index in [4.69, 9.17) is 0 Å². The number of nitrogens with zero attached hydrogens (tertiary/aromatic N) is 1. The van der Waals surface area contributed by atoms with Gasteiger partial charge in [0, 0.05) is 24.3 Å². The fourth-order valence-corrected chi connectivity index (χ4v) is 3.47. The van der Waals surface area contributed by atoms with Crippen LogP contribution in [0.25, 0.3) is 21.7 Å². The molecule has 1 aromatic heterocycles. The molecular formula is C22H22N2. The van der Waals surface area contributed by atoms with Crippen LogP contribution in [0, 0.1) is 0 Å². The number of H-pyrrole nitrogens is 1. The maximum atomic E-state index is 3.30. The monoisotopic (exact) mass is 314 g/mol. The van der Waals surface area contributed by atoms with E-state index in [9.17, 15) is 0 Å². The molecule has 0 aliphatic carbocycles. The van der Waals surface area contributed by atoms with Crippen molar-refractivity contribution >= 4 is 21.7 Å². The number of rotatable bonds is 4. The second kappa shape index (κ2) is 6.14. The molecule has 1 heterocycles. The number of hydrogen-bond donors (Lipinski definition) is 1. The minimum absolute atomic E-state index is 0.357. The number of aromatic amines is 1. The summed E-state index contributed by atoms with van der Waals surface area (Å²) in [6.45, 7) is 3.22. The zero-order valence-corrected chi connectivity index (χ0v) is 14.2. The summed E-state index contributed by atoms with van der Waals surface area (Å²) in [5.41, 5.74) is 3.93. The summed E-state index contributed by atoms with van der Waals surface area (Å²) in [7, 11) is 2.20. The molecule has 0 saturated carbocycles. The smallest absolute Gasteiger partial charge is 0.0457 e. The van der Waals surface area contributed by atoms with Crippen molar-refractivity contribution in [1.82, 2.24) is 9.88 Å². The van der Waals surface area contributed by atoms with Gasteiger partial charge in [-0.2, -0.15) is 0 Å². The maximum absolute atomic E-state index is 3.30. The van der Waals surface area contributed by atoms with Gasteiger partial charge in [-0.1, -0.05) is 54.6 Å². The van der Waals surface area contributed by atoms with Crippen molar-refractivity contribution in [2.45, 2.75) is 19.5 Å². The average Bonchev–Trinajstić information content (AvgIpc) is 3.08. The van der Waals surface area contributed by atoms with Gasteiger partial charge in [0.05, 0.1) is 0 Å². The van der Waals surface area contributed by atoms with Gasteiger partial charge in [-0.25, -0.2) is 0 Å². The standard InChI is InChI=1S/C22H22N2/c1-16(20-9-5-7-18-6-3-4-8-21(18)20)24(2)15-17-10-11-19-12-13-23-22(19)14-17/h3-14,16,23H,15H2,1-2H3. The molecule has 4 aromatic rings. The molecule has 2 heteroatoms. The number of aromatic nitrogens is 1. The predicted molar refractivity (Wildman–Crippen MR) is 102 cm³/mol. The van der Waals surface area contributed by atoms with Gasteiger partial charge in [0.15, 0.2) is 0 Å². The van der Waals surface area contributed by atoms with Crippen molar-refractivity contribution < 1.29 is 0 Å². The summed E-state index contributed by atoms with van der Waals surface area (Å²) in [5.74, 6) is 0. The summed E-state index contributed by atoms with van der Waals surface area (Å²) in [6, 6.07) is 24.4. The molecular weight excluding hydrogens is 292 g/mol. The van der Waals surface area contributed by atoms with Crippen LogP contribution in [0.5, 0.6) is 0 Å². The SMILES string of the molecule is CC(c1cccc2ccccc12)N(C)Cc1ccc2cc[nH]c2c1. The Balaban J connectivity index is 1.62. The molecule has 4 rings (SSSR count). The lowest BCUT2D eigenvalue weighted by Gasteiger charge is -2.26. The Morgan fingerprint density at radius 2 is 1.75 bits per heavy atom. The molecule has 0 saturated heterocycles. The topological polar surface area (TPSA) is 19.0 Å². The Bertz CT molecular complexity index is 978. The van der Waals surface area contributed by atoms with Gasteiger partial charge < -0.3 is 4.98 Å². The van der Waals surface area contributed by atoms with Gasteiger partial charge >= 0.3 is 0 Å². The predicted octanol–water partition coefficient (Wildman–Crippen LogP) is 5.51. The molecule has 120 valence electrons. The molecule has 1 atom stereocenters. The number of fused-ring (bicyclic) bond motifs is 2. The van der Waals surface area contributed by atoms with Crippen LogP contribution in [-0.4, -0.2) is 16.9 Å². The highest BCUT2D eigenvalue weighted by Gasteiger charge is 2.14. The van der Waals surface area contributed by atoms with Crippen LogP contribution < -0.4 is 0 Å². The fraction of sp³-hybridized carbons (Fsp3) is 0.182. The first-order valence-corrected chi connectivity index (χ1v) is 8.46. The summed E-state index contributed by atoms with van der Waals surface area (Å²) < 4.78 is 0. The van der Waals surface area contributed by atoms with Crippen molar-refractivity contribution in [2.75, 3.05) is 7.05 Å². The highest BCUT2D eigenvalue weighted by atomic mass is 15.1. The van der Waals surface area contributed by atoms with Gasteiger partial charge in [-0.15, -0.1) is 0 Å². The van der Waals surface area contributed by atoms with Crippen molar-refractivity contribution in [1.29, 1.82) is 0 Å². The minimum Gasteiger partial charge on any atom is -0.361 e. The van der Waals surface area contributed by atoms with E-state index in [2.05, 4.69) is 90.6 Å². The second-order valence-corrected chi connectivity index (χ2v) is 6.56. The Hall–Kier alpha value is -2.58. The molecule has 24 heavy (non-hydrogen) atoms. The van der Waals surface area contributed by atoms with Crippen LogP contribution in [0.3, 0.4) is 0 Å². The van der Waals surface area contributed by atoms with E-state index in [-0.39, 0.29) is 0 Å². The van der Waals surface area contributed by atoms with Crippen molar-refractivity contribution in [2.24, 2.45) is 0 Å². The van der Waals surface area contributed by atoms with E-state index in [0.717, 1.165) is 6.54 Å². The largest absolute Gasteiger partial charge is 0.361 e. The normalized spacial score (nSPS) is 13.0. The van der Waals surface area contributed by atoms with Crippen LogP contribution in [0.1, 0.15) is 24.1 Å². The third-order valence-corrected chi connectivity index (χ3v) is 4.99. The molecule has 0 aliphatic heterocycles. The zero-order chi connectivity index (χ0) is 16.5. The van der Waals surface area contributed by atoms with Crippen LogP contribution in [-0.2, 0) is 6.54 Å². The van der Waals surface area contributed by atoms with Crippen molar-refractivity contribution in [3.8, 4) is 0 Å². The molecule has 0 aliphatic rings. The average molecular weight is 314 g/mol. The van der Waals surface area contributed by atoms with Gasteiger partial charge in [0.25, 0.3) is 0 Å².